The van der Waals surface area contributed by atoms with Gasteiger partial charge in [0.15, 0.2) is 0 Å². The number of amides is 1. The highest BCUT2D eigenvalue weighted by Crippen LogP contribution is 2.19. The summed E-state index contributed by atoms with van der Waals surface area (Å²) in [5.74, 6) is 0.980. The molecule has 6 heteroatoms. The summed E-state index contributed by atoms with van der Waals surface area (Å²) in [4.78, 5) is 20.5. The van der Waals surface area contributed by atoms with E-state index in [9.17, 15) is 4.79 Å². The van der Waals surface area contributed by atoms with E-state index in [4.69, 9.17) is 4.74 Å². The molecule has 5 nitrogen and oxygen atoms in total. The van der Waals surface area contributed by atoms with Crippen molar-refractivity contribution in [2.24, 2.45) is 0 Å². The molecule has 0 atom stereocenters. The van der Waals surface area contributed by atoms with Crippen LogP contribution >= 0.6 is 22.6 Å². The maximum absolute atomic E-state index is 12.0. The van der Waals surface area contributed by atoms with E-state index in [0.717, 1.165) is 18.9 Å². The number of halogens is 1. The Morgan fingerprint density at radius 2 is 1.90 bits per heavy atom. The number of hydrogen-bond acceptors (Lipinski definition) is 4. The van der Waals surface area contributed by atoms with Crippen molar-refractivity contribution >= 4 is 34.5 Å². The summed E-state index contributed by atoms with van der Waals surface area (Å²) in [6.45, 7) is 10.6. The van der Waals surface area contributed by atoms with Crippen LogP contribution in [-0.4, -0.2) is 47.8 Å². The Balaban J connectivity index is 1.94. The summed E-state index contributed by atoms with van der Waals surface area (Å²) in [7, 11) is 0. The number of ether oxygens (including phenoxy) is 1. The molecule has 1 aliphatic rings. The largest absolute Gasteiger partial charge is 0.444 e. The average molecular weight is 403 g/mol. The van der Waals surface area contributed by atoms with Gasteiger partial charge in [-0.2, -0.15) is 0 Å². The zero-order valence-corrected chi connectivity index (χ0v) is 15.2. The highest BCUT2D eigenvalue weighted by atomic mass is 127. The second-order valence-corrected chi connectivity index (χ2v) is 7.41. The molecule has 2 rings (SSSR count). The number of nitrogens with zero attached hydrogens (tertiary/aromatic N) is 3. The van der Waals surface area contributed by atoms with Gasteiger partial charge in [0.1, 0.15) is 11.4 Å². The fraction of sp³-hybridized carbons (Fsp3) is 0.600. The van der Waals surface area contributed by atoms with Crippen LogP contribution in [0.15, 0.2) is 12.3 Å². The number of aromatic nitrogens is 1. The molecule has 1 aliphatic heterocycles. The molecule has 0 bridgehead atoms. The van der Waals surface area contributed by atoms with Crippen LogP contribution in [0, 0.1) is 10.5 Å². The molecular formula is C15H22IN3O2. The fourth-order valence-corrected chi connectivity index (χ4v) is 2.52. The van der Waals surface area contributed by atoms with Crippen molar-refractivity contribution in [3.8, 4) is 0 Å². The summed E-state index contributed by atoms with van der Waals surface area (Å²) < 4.78 is 6.62. The third-order valence-corrected chi connectivity index (χ3v) is 4.44. The maximum Gasteiger partial charge on any atom is 0.410 e. The number of anilines is 1. The van der Waals surface area contributed by atoms with Gasteiger partial charge in [-0.05, 0) is 61.9 Å². The Labute approximate surface area is 139 Å². The number of carbonyl (C=O) groups excluding carboxylic acids is 1. The molecule has 21 heavy (non-hydrogen) atoms. The number of rotatable bonds is 1. The molecule has 1 saturated heterocycles. The number of piperazine rings is 1. The third kappa shape index (κ3) is 4.46. The Morgan fingerprint density at radius 3 is 2.43 bits per heavy atom. The predicted octanol–water partition coefficient (Wildman–Crippen LogP) is 3.05. The normalized spacial score (nSPS) is 16.0. The number of hydrogen-bond donors (Lipinski definition) is 0. The highest BCUT2D eigenvalue weighted by Gasteiger charge is 2.26. The first-order valence-electron chi connectivity index (χ1n) is 7.11. The summed E-state index contributed by atoms with van der Waals surface area (Å²) in [6.07, 6.45) is 1.67. The molecule has 2 heterocycles. The van der Waals surface area contributed by atoms with Crippen LogP contribution in [0.3, 0.4) is 0 Å². The van der Waals surface area contributed by atoms with Gasteiger partial charge < -0.3 is 14.5 Å². The van der Waals surface area contributed by atoms with Crippen LogP contribution in [0.5, 0.6) is 0 Å². The summed E-state index contributed by atoms with van der Waals surface area (Å²) >= 11 is 2.32. The molecule has 0 spiro atoms. The lowest BCUT2D eigenvalue weighted by Gasteiger charge is -2.36. The van der Waals surface area contributed by atoms with Crippen LogP contribution in [0.4, 0.5) is 10.6 Å². The van der Waals surface area contributed by atoms with Crippen molar-refractivity contribution in [2.45, 2.75) is 33.3 Å². The van der Waals surface area contributed by atoms with Crippen LogP contribution in [0.2, 0.25) is 0 Å². The zero-order chi connectivity index (χ0) is 15.6. The van der Waals surface area contributed by atoms with Crippen molar-refractivity contribution in [1.82, 2.24) is 9.88 Å². The summed E-state index contributed by atoms with van der Waals surface area (Å²) in [6, 6.07) is 2.10. The summed E-state index contributed by atoms with van der Waals surface area (Å²) in [5, 5.41) is 0. The lowest BCUT2D eigenvalue weighted by atomic mass is 10.2. The molecule has 0 saturated carbocycles. The smallest absolute Gasteiger partial charge is 0.410 e. The van der Waals surface area contributed by atoms with Gasteiger partial charge in [0.05, 0.1) is 0 Å². The quantitative estimate of drug-likeness (QED) is 0.677. The van der Waals surface area contributed by atoms with Gasteiger partial charge in [-0.3, -0.25) is 0 Å². The predicted molar refractivity (Wildman–Crippen MR) is 91.7 cm³/mol. The van der Waals surface area contributed by atoms with Gasteiger partial charge in [0.25, 0.3) is 0 Å². The van der Waals surface area contributed by atoms with Gasteiger partial charge >= 0.3 is 6.09 Å². The average Bonchev–Trinajstić information content (AvgIpc) is 2.40. The first kappa shape index (κ1) is 16.3. The standard InChI is InChI=1S/C15H22IN3O2/c1-11-10-17-13(9-12(11)16)18-5-7-19(8-6-18)14(20)21-15(2,3)4/h9-10H,5-8H2,1-4H3. The minimum atomic E-state index is -0.442. The maximum atomic E-state index is 12.0. The molecule has 116 valence electrons. The van der Waals surface area contributed by atoms with E-state index < -0.39 is 5.60 Å². The molecule has 1 aromatic heterocycles. The van der Waals surface area contributed by atoms with Crippen molar-refractivity contribution in [2.75, 3.05) is 31.1 Å². The minimum Gasteiger partial charge on any atom is -0.444 e. The molecule has 0 radical (unpaired) electrons. The number of aryl methyl sites for hydroxylation is 1. The van der Waals surface area contributed by atoms with E-state index >= 15 is 0 Å². The second-order valence-electron chi connectivity index (χ2n) is 6.25. The van der Waals surface area contributed by atoms with Gasteiger partial charge in [0.2, 0.25) is 0 Å². The molecular weight excluding hydrogens is 381 g/mol. The lowest BCUT2D eigenvalue weighted by Crippen LogP contribution is -2.50. The van der Waals surface area contributed by atoms with Crippen LogP contribution in [-0.2, 0) is 4.74 Å². The van der Waals surface area contributed by atoms with Crippen LogP contribution in [0.25, 0.3) is 0 Å². The van der Waals surface area contributed by atoms with E-state index in [0.29, 0.717) is 13.1 Å². The molecule has 0 aromatic carbocycles. The number of pyridine rings is 1. The zero-order valence-electron chi connectivity index (χ0n) is 13.0. The first-order valence-corrected chi connectivity index (χ1v) is 8.19. The van der Waals surface area contributed by atoms with Gasteiger partial charge in [-0.1, -0.05) is 0 Å². The molecule has 1 fully saturated rings. The highest BCUT2D eigenvalue weighted by molar-refractivity contribution is 14.1. The summed E-state index contributed by atoms with van der Waals surface area (Å²) in [5.41, 5.74) is 0.745. The van der Waals surface area contributed by atoms with E-state index in [2.05, 4.69) is 45.5 Å². The molecule has 0 unspecified atom stereocenters. The SMILES string of the molecule is Cc1cnc(N2CCN(C(=O)OC(C)(C)C)CC2)cc1I. The molecule has 0 aliphatic carbocycles. The van der Waals surface area contributed by atoms with Gasteiger partial charge in [-0.25, -0.2) is 9.78 Å². The Hall–Kier alpha value is -1.05. The Kier molecular flexibility index (Phi) is 4.95. The van der Waals surface area contributed by atoms with Crippen molar-refractivity contribution in [1.29, 1.82) is 0 Å². The van der Waals surface area contributed by atoms with Gasteiger partial charge in [-0.15, -0.1) is 0 Å². The second kappa shape index (κ2) is 6.37. The topological polar surface area (TPSA) is 45.7 Å². The van der Waals surface area contributed by atoms with Crippen LogP contribution in [0.1, 0.15) is 26.3 Å². The molecule has 0 N–H and O–H groups in total. The van der Waals surface area contributed by atoms with Crippen molar-refractivity contribution in [3.63, 3.8) is 0 Å². The van der Waals surface area contributed by atoms with Gasteiger partial charge in [0, 0.05) is 35.9 Å². The first-order chi connectivity index (χ1) is 9.76. The Morgan fingerprint density at radius 1 is 1.29 bits per heavy atom. The minimum absolute atomic E-state index is 0.228. The molecule has 1 aromatic rings. The van der Waals surface area contributed by atoms with Crippen molar-refractivity contribution in [3.05, 3.63) is 21.4 Å². The lowest BCUT2D eigenvalue weighted by molar-refractivity contribution is 0.0240. The number of carbonyl (C=O) groups is 1. The van der Waals surface area contributed by atoms with E-state index in [-0.39, 0.29) is 6.09 Å². The van der Waals surface area contributed by atoms with Crippen LogP contribution < -0.4 is 4.90 Å². The van der Waals surface area contributed by atoms with Crippen molar-refractivity contribution < 1.29 is 9.53 Å². The fourth-order valence-electron chi connectivity index (χ4n) is 2.11. The third-order valence-electron chi connectivity index (χ3n) is 3.28. The van der Waals surface area contributed by atoms with E-state index in [1.165, 1.54) is 9.13 Å². The Bertz CT molecular complexity index is 520. The monoisotopic (exact) mass is 403 g/mol. The molecule has 1 amide bonds. The van der Waals surface area contributed by atoms with E-state index in [1.54, 1.807) is 4.90 Å². The van der Waals surface area contributed by atoms with E-state index in [1.807, 2.05) is 27.0 Å².